The van der Waals surface area contributed by atoms with Gasteiger partial charge in [-0.15, -0.1) is 0 Å². The minimum absolute atomic E-state index is 0.271. The van der Waals surface area contributed by atoms with Gasteiger partial charge in [-0.1, -0.05) is 37.6 Å². The third kappa shape index (κ3) is 4.84. The van der Waals surface area contributed by atoms with E-state index in [2.05, 4.69) is 50.2 Å². The van der Waals surface area contributed by atoms with Crippen molar-refractivity contribution in [2.75, 3.05) is 27.2 Å². The summed E-state index contributed by atoms with van der Waals surface area (Å²) >= 11 is 0. The van der Waals surface area contributed by atoms with E-state index in [0.29, 0.717) is 12.5 Å². The zero-order valence-electron chi connectivity index (χ0n) is 14.3. The van der Waals surface area contributed by atoms with Gasteiger partial charge < -0.3 is 9.80 Å². The molecule has 0 aromatic heterocycles. The Morgan fingerprint density at radius 3 is 2.55 bits per heavy atom. The molecule has 1 heterocycles. The lowest BCUT2D eigenvalue weighted by atomic mass is 10.0. The Balaban J connectivity index is 1.88. The topological polar surface area (TPSA) is 23.6 Å². The summed E-state index contributed by atoms with van der Waals surface area (Å²) in [7, 11) is 4.21. The quantitative estimate of drug-likeness (QED) is 0.806. The Bertz CT molecular complexity index is 467. The first kappa shape index (κ1) is 17.0. The molecule has 22 heavy (non-hydrogen) atoms. The number of benzene rings is 1. The maximum atomic E-state index is 12.5. The van der Waals surface area contributed by atoms with Gasteiger partial charge in [-0.05, 0) is 50.9 Å². The zero-order chi connectivity index (χ0) is 15.9. The van der Waals surface area contributed by atoms with Crippen LogP contribution >= 0.6 is 0 Å². The number of carbonyl (C=O) groups is 1. The molecule has 3 nitrogen and oxygen atoms in total. The van der Waals surface area contributed by atoms with Crippen molar-refractivity contribution in [2.45, 2.75) is 51.5 Å². The van der Waals surface area contributed by atoms with Gasteiger partial charge in [0.05, 0.1) is 6.42 Å². The van der Waals surface area contributed by atoms with Crippen LogP contribution in [0.2, 0.25) is 0 Å². The Hall–Kier alpha value is -1.35. The lowest BCUT2D eigenvalue weighted by molar-refractivity contribution is -0.132. The summed E-state index contributed by atoms with van der Waals surface area (Å²) in [4.78, 5) is 16.8. The first-order valence-corrected chi connectivity index (χ1v) is 8.62. The molecule has 0 spiro atoms. The van der Waals surface area contributed by atoms with Gasteiger partial charge in [0.2, 0.25) is 5.91 Å². The average molecular weight is 302 g/mol. The van der Waals surface area contributed by atoms with E-state index < -0.39 is 0 Å². The Labute approximate surface area is 135 Å². The molecule has 2 rings (SSSR count). The molecule has 1 aromatic carbocycles. The molecular formula is C19H30N2O. The molecule has 0 saturated carbocycles. The predicted octanol–water partition coefficient (Wildman–Crippen LogP) is 3.12. The van der Waals surface area contributed by atoms with Gasteiger partial charge in [0.1, 0.15) is 0 Å². The first-order valence-electron chi connectivity index (χ1n) is 8.62. The second kappa shape index (κ2) is 8.33. The average Bonchev–Trinajstić information content (AvgIpc) is 2.54. The Morgan fingerprint density at radius 2 is 1.91 bits per heavy atom. The number of likely N-dealkylation sites (tertiary alicyclic amines) is 1. The molecule has 1 fully saturated rings. The summed E-state index contributed by atoms with van der Waals surface area (Å²) in [5.41, 5.74) is 2.51. The fourth-order valence-electron chi connectivity index (χ4n) is 3.09. The molecule has 0 N–H and O–H groups in total. The number of piperidine rings is 1. The van der Waals surface area contributed by atoms with Crippen molar-refractivity contribution in [1.82, 2.24) is 9.80 Å². The van der Waals surface area contributed by atoms with E-state index in [0.717, 1.165) is 31.5 Å². The van der Waals surface area contributed by atoms with E-state index in [1.807, 2.05) is 4.90 Å². The number of nitrogens with zero attached hydrogens (tertiary/aromatic N) is 2. The highest BCUT2D eigenvalue weighted by molar-refractivity contribution is 5.79. The molecule has 0 bridgehead atoms. The summed E-state index contributed by atoms with van der Waals surface area (Å²) in [6.45, 7) is 4.00. The van der Waals surface area contributed by atoms with Crippen LogP contribution in [-0.4, -0.2) is 48.9 Å². The van der Waals surface area contributed by atoms with Crippen molar-refractivity contribution in [3.05, 3.63) is 35.4 Å². The number of carbonyl (C=O) groups excluding carboxylic acids is 1. The van der Waals surface area contributed by atoms with Crippen LogP contribution in [-0.2, 0) is 17.6 Å². The summed E-state index contributed by atoms with van der Waals surface area (Å²) < 4.78 is 0. The van der Waals surface area contributed by atoms with Gasteiger partial charge in [-0.2, -0.15) is 0 Å². The van der Waals surface area contributed by atoms with E-state index in [4.69, 9.17) is 0 Å². The van der Waals surface area contributed by atoms with Crippen LogP contribution in [0.3, 0.4) is 0 Å². The molecule has 122 valence electrons. The number of hydrogen-bond acceptors (Lipinski definition) is 2. The molecule has 1 aliphatic heterocycles. The molecular weight excluding hydrogens is 272 g/mol. The molecule has 1 atom stereocenters. The third-order valence-corrected chi connectivity index (χ3v) is 4.68. The lowest BCUT2D eigenvalue weighted by Crippen LogP contribution is -2.47. The van der Waals surface area contributed by atoms with Crippen LogP contribution in [0.15, 0.2) is 24.3 Å². The number of hydrogen-bond donors (Lipinski definition) is 0. The van der Waals surface area contributed by atoms with Crippen molar-refractivity contribution in [3.63, 3.8) is 0 Å². The predicted molar refractivity (Wildman–Crippen MR) is 92.0 cm³/mol. The highest BCUT2D eigenvalue weighted by Crippen LogP contribution is 2.16. The van der Waals surface area contributed by atoms with Crippen LogP contribution in [0.25, 0.3) is 0 Å². The second-order valence-electron chi connectivity index (χ2n) is 6.70. The molecule has 1 saturated heterocycles. The van der Waals surface area contributed by atoms with E-state index in [1.54, 1.807) is 0 Å². The van der Waals surface area contributed by atoms with Crippen molar-refractivity contribution >= 4 is 5.91 Å². The number of aryl methyl sites for hydroxylation is 1. The van der Waals surface area contributed by atoms with E-state index in [-0.39, 0.29) is 5.91 Å². The first-order chi connectivity index (χ1) is 10.6. The zero-order valence-corrected chi connectivity index (χ0v) is 14.3. The van der Waals surface area contributed by atoms with Gasteiger partial charge in [0.25, 0.3) is 0 Å². The Morgan fingerprint density at radius 1 is 1.23 bits per heavy atom. The normalized spacial score (nSPS) is 18.7. The number of amides is 1. The summed E-state index contributed by atoms with van der Waals surface area (Å²) in [6.07, 6.45) is 6.45. The fourth-order valence-corrected chi connectivity index (χ4v) is 3.09. The maximum Gasteiger partial charge on any atom is 0.227 e. The molecule has 1 unspecified atom stereocenters. The van der Waals surface area contributed by atoms with Crippen LogP contribution in [0.4, 0.5) is 0 Å². The molecule has 0 radical (unpaired) electrons. The molecule has 3 heteroatoms. The highest BCUT2D eigenvalue weighted by atomic mass is 16.2. The van der Waals surface area contributed by atoms with Crippen LogP contribution in [0.5, 0.6) is 0 Å². The van der Waals surface area contributed by atoms with Gasteiger partial charge in [-0.25, -0.2) is 0 Å². The molecule has 1 aromatic rings. The van der Waals surface area contributed by atoms with E-state index in [9.17, 15) is 4.79 Å². The summed E-state index contributed by atoms with van der Waals surface area (Å²) in [5, 5.41) is 0. The second-order valence-corrected chi connectivity index (χ2v) is 6.70. The third-order valence-electron chi connectivity index (χ3n) is 4.68. The lowest BCUT2D eigenvalue weighted by Gasteiger charge is -2.36. The standard InChI is InChI=1S/C19H30N2O/c1-4-5-7-16-9-11-17(12-10-16)14-19(22)21-13-6-8-18(15-21)20(2)3/h9-12,18H,4-8,13-15H2,1-3H3. The van der Waals surface area contributed by atoms with Crippen molar-refractivity contribution in [3.8, 4) is 0 Å². The van der Waals surface area contributed by atoms with Crippen molar-refractivity contribution in [1.29, 1.82) is 0 Å². The minimum atomic E-state index is 0.271. The molecule has 0 aliphatic carbocycles. The number of rotatable bonds is 6. The SMILES string of the molecule is CCCCc1ccc(CC(=O)N2CCCC(N(C)C)C2)cc1. The number of likely N-dealkylation sites (N-methyl/N-ethyl adjacent to an activating group) is 1. The van der Waals surface area contributed by atoms with Gasteiger partial charge in [-0.3, -0.25) is 4.79 Å². The van der Waals surface area contributed by atoms with Crippen molar-refractivity contribution < 1.29 is 4.79 Å². The van der Waals surface area contributed by atoms with E-state index >= 15 is 0 Å². The summed E-state index contributed by atoms with van der Waals surface area (Å²) in [6, 6.07) is 9.11. The fraction of sp³-hybridized carbons (Fsp3) is 0.632. The van der Waals surface area contributed by atoms with Crippen molar-refractivity contribution in [2.24, 2.45) is 0 Å². The van der Waals surface area contributed by atoms with Gasteiger partial charge in [0.15, 0.2) is 0 Å². The monoisotopic (exact) mass is 302 g/mol. The van der Waals surface area contributed by atoms with Crippen LogP contribution < -0.4 is 0 Å². The Kier molecular flexibility index (Phi) is 6.44. The summed E-state index contributed by atoms with van der Waals surface area (Å²) in [5.74, 6) is 0.271. The smallest absolute Gasteiger partial charge is 0.227 e. The molecule has 1 aliphatic rings. The van der Waals surface area contributed by atoms with Crippen LogP contribution in [0, 0.1) is 0 Å². The molecule has 1 amide bonds. The van der Waals surface area contributed by atoms with Gasteiger partial charge >= 0.3 is 0 Å². The maximum absolute atomic E-state index is 12.5. The van der Waals surface area contributed by atoms with E-state index in [1.165, 1.54) is 24.8 Å². The minimum Gasteiger partial charge on any atom is -0.341 e. The largest absolute Gasteiger partial charge is 0.341 e. The highest BCUT2D eigenvalue weighted by Gasteiger charge is 2.24. The van der Waals surface area contributed by atoms with Gasteiger partial charge in [0, 0.05) is 19.1 Å². The number of unbranched alkanes of at least 4 members (excludes halogenated alkanes) is 1. The van der Waals surface area contributed by atoms with Crippen LogP contribution in [0.1, 0.15) is 43.7 Å².